The summed E-state index contributed by atoms with van der Waals surface area (Å²) in [6.45, 7) is 0. The minimum Gasteiger partial charge on any atom is -0.496 e. The van der Waals surface area contributed by atoms with Crippen molar-refractivity contribution in [1.82, 2.24) is 0 Å². The summed E-state index contributed by atoms with van der Waals surface area (Å²) in [5, 5.41) is 0.432. The summed E-state index contributed by atoms with van der Waals surface area (Å²) in [5.74, 6) is 1.92. The maximum atomic E-state index is 12.4. The largest absolute Gasteiger partial charge is 0.496 e. The van der Waals surface area contributed by atoms with Crippen LogP contribution in [0.3, 0.4) is 0 Å². The van der Waals surface area contributed by atoms with Gasteiger partial charge in [0, 0.05) is 6.07 Å². The first-order chi connectivity index (χ1) is 11.2. The molecule has 0 N–H and O–H groups in total. The molecular weight excluding hydrogens is 296 g/mol. The highest BCUT2D eigenvalue weighted by Gasteiger charge is 2.16. The van der Waals surface area contributed by atoms with Gasteiger partial charge >= 0.3 is 0 Å². The average molecular weight is 312 g/mol. The molecule has 0 radical (unpaired) electrons. The van der Waals surface area contributed by atoms with Gasteiger partial charge in [-0.05, 0) is 24.3 Å². The highest BCUT2D eigenvalue weighted by molar-refractivity contribution is 5.87. The van der Waals surface area contributed by atoms with E-state index in [0.29, 0.717) is 39.5 Å². The van der Waals surface area contributed by atoms with Gasteiger partial charge in [-0.3, -0.25) is 4.79 Å². The molecule has 5 heteroatoms. The minimum absolute atomic E-state index is 0.159. The zero-order chi connectivity index (χ0) is 16.4. The second-order valence-corrected chi connectivity index (χ2v) is 4.85. The Labute approximate surface area is 133 Å². The number of rotatable bonds is 4. The van der Waals surface area contributed by atoms with Crippen LogP contribution in [0.4, 0.5) is 0 Å². The van der Waals surface area contributed by atoms with Crippen LogP contribution in [0.15, 0.2) is 51.7 Å². The Morgan fingerprint density at radius 2 is 1.61 bits per heavy atom. The van der Waals surface area contributed by atoms with E-state index in [-0.39, 0.29) is 5.43 Å². The fourth-order valence-corrected chi connectivity index (χ4v) is 2.51. The van der Waals surface area contributed by atoms with Gasteiger partial charge in [0.1, 0.15) is 11.5 Å². The maximum absolute atomic E-state index is 12.4. The van der Waals surface area contributed by atoms with Crippen LogP contribution in [-0.4, -0.2) is 21.3 Å². The van der Waals surface area contributed by atoms with Crippen LogP contribution in [0, 0.1) is 0 Å². The van der Waals surface area contributed by atoms with Gasteiger partial charge in [0.2, 0.25) is 5.75 Å². The number of para-hydroxylation sites is 1. The second kappa shape index (κ2) is 6.04. The van der Waals surface area contributed by atoms with E-state index < -0.39 is 0 Å². The van der Waals surface area contributed by atoms with Crippen LogP contribution in [-0.2, 0) is 0 Å². The summed E-state index contributed by atoms with van der Waals surface area (Å²) < 4.78 is 21.9. The summed E-state index contributed by atoms with van der Waals surface area (Å²) in [5.41, 5.74) is 0.882. The Morgan fingerprint density at radius 3 is 2.30 bits per heavy atom. The normalized spacial score (nSPS) is 10.6. The standard InChI is InChI=1S/C18H16O5/c1-20-14-7-5-4-6-12(14)16-10-13(19)11-8-9-15(21-2)18(22-3)17(11)23-16/h4-10H,1-3H3. The van der Waals surface area contributed by atoms with Gasteiger partial charge in [-0.2, -0.15) is 0 Å². The maximum Gasteiger partial charge on any atom is 0.204 e. The number of ether oxygens (including phenoxy) is 3. The van der Waals surface area contributed by atoms with E-state index in [1.807, 2.05) is 24.3 Å². The molecule has 0 saturated carbocycles. The van der Waals surface area contributed by atoms with Gasteiger partial charge in [-0.25, -0.2) is 0 Å². The van der Waals surface area contributed by atoms with E-state index in [1.165, 1.54) is 20.3 Å². The third kappa shape index (κ3) is 2.50. The van der Waals surface area contributed by atoms with E-state index >= 15 is 0 Å². The molecule has 3 rings (SSSR count). The van der Waals surface area contributed by atoms with Crippen LogP contribution in [0.25, 0.3) is 22.3 Å². The molecule has 0 bridgehead atoms. The van der Waals surface area contributed by atoms with Crippen molar-refractivity contribution < 1.29 is 18.6 Å². The van der Waals surface area contributed by atoms with E-state index in [4.69, 9.17) is 18.6 Å². The molecule has 0 fully saturated rings. The SMILES string of the molecule is COc1ccccc1-c1cc(=O)c2ccc(OC)c(OC)c2o1. The number of fused-ring (bicyclic) bond motifs is 1. The van der Waals surface area contributed by atoms with Gasteiger partial charge in [-0.15, -0.1) is 0 Å². The van der Waals surface area contributed by atoms with Gasteiger partial charge in [-0.1, -0.05) is 12.1 Å². The molecule has 0 unspecified atom stereocenters. The quantitative estimate of drug-likeness (QED) is 0.738. The third-order valence-corrected chi connectivity index (χ3v) is 3.61. The van der Waals surface area contributed by atoms with Crippen LogP contribution < -0.4 is 19.6 Å². The van der Waals surface area contributed by atoms with E-state index in [1.54, 1.807) is 19.2 Å². The summed E-state index contributed by atoms with van der Waals surface area (Å²) in [6.07, 6.45) is 0. The molecule has 0 spiro atoms. The molecule has 2 aromatic carbocycles. The minimum atomic E-state index is -0.159. The van der Waals surface area contributed by atoms with Crippen molar-refractivity contribution in [2.24, 2.45) is 0 Å². The number of benzene rings is 2. The fourth-order valence-electron chi connectivity index (χ4n) is 2.51. The average Bonchev–Trinajstić information content (AvgIpc) is 2.60. The van der Waals surface area contributed by atoms with Gasteiger partial charge < -0.3 is 18.6 Å². The van der Waals surface area contributed by atoms with Crippen molar-refractivity contribution in [3.8, 4) is 28.6 Å². The lowest BCUT2D eigenvalue weighted by Gasteiger charge is -2.12. The molecule has 3 aromatic rings. The van der Waals surface area contributed by atoms with E-state index in [2.05, 4.69) is 0 Å². The predicted molar refractivity (Wildman–Crippen MR) is 87.6 cm³/mol. The molecule has 5 nitrogen and oxygen atoms in total. The lowest BCUT2D eigenvalue weighted by molar-refractivity contribution is 0.353. The summed E-state index contributed by atoms with van der Waals surface area (Å²) in [6, 6.07) is 12.1. The molecule has 118 valence electrons. The van der Waals surface area contributed by atoms with Crippen molar-refractivity contribution in [1.29, 1.82) is 0 Å². The lowest BCUT2D eigenvalue weighted by atomic mass is 10.1. The monoisotopic (exact) mass is 312 g/mol. The molecule has 1 heterocycles. The second-order valence-electron chi connectivity index (χ2n) is 4.85. The van der Waals surface area contributed by atoms with Crippen LogP contribution in [0.2, 0.25) is 0 Å². The first kappa shape index (κ1) is 15.0. The molecular formula is C18H16O5. The van der Waals surface area contributed by atoms with Gasteiger partial charge in [0.15, 0.2) is 16.8 Å². The molecule has 0 aliphatic rings. The number of hydrogen-bond acceptors (Lipinski definition) is 5. The zero-order valence-electron chi connectivity index (χ0n) is 13.1. The van der Waals surface area contributed by atoms with Gasteiger partial charge in [0.05, 0.1) is 32.3 Å². The topological polar surface area (TPSA) is 57.9 Å². The van der Waals surface area contributed by atoms with Crippen molar-refractivity contribution in [2.45, 2.75) is 0 Å². The molecule has 0 aliphatic heterocycles. The van der Waals surface area contributed by atoms with Gasteiger partial charge in [0.25, 0.3) is 0 Å². The number of hydrogen-bond donors (Lipinski definition) is 0. The van der Waals surface area contributed by atoms with Crippen molar-refractivity contribution in [2.75, 3.05) is 21.3 Å². The predicted octanol–water partition coefficient (Wildman–Crippen LogP) is 3.49. The van der Waals surface area contributed by atoms with E-state index in [0.717, 1.165) is 0 Å². The Balaban J connectivity index is 2.34. The van der Waals surface area contributed by atoms with E-state index in [9.17, 15) is 4.79 Å². The zero-order valence-corrected chi connectivity index (χ0v) is 13.1. The Kier molecular flexibility index (Phi) is 3.93. The Hall–Kier alpha value is -2.95. The summed E-state index contributed by atoms with van der Waals surface area (Å²) in [7, 11) is 4.61. The van der Waals surface area contributed by atoms with Crippen LogP contribution >= 0.6 is 0 Å². The van der Waals surface area contributed by atoms with Crippen molar-refractivity contribution in [3.05, 3.63) is 52.7 Å². The fraction of sp³-hybridized carbons (Fsp3) is 0.167. The summed E-state index contributed by atoms with van der Waals surface area (Å²) >= 11 is 0. The number of methoxy groups -OCH3 is 3. The molecule has 23 heavy (non-hydrogen) atoms. The highest BCUT2D eigenvalue weighted by Crippen LogP contribution is 2.37. The summed E-state index contributed by atoms with van der Waals surface area (Å²) in [4.78, 5) is 12.4. The van der Waals surface area contributed by atoms with Crippen LogP contribution in [0.1, 0.15) is 0 Å². The third-order valence-electron chi connectivity index (χ3n) is 3.61. The first-order valence-corrected chi connectivity index (χ1v) is 7.01. The molecule has 0 aliphatic carbocycles. The first-order valence-electron chi connectivity index (χ1n) is 7.01. The molecule has 0 atom stereocenters. The van der Waals surface area contributed by atoms with Crippen molar-refractivity contribution >= 4 is 11.0 Å². The molecule has 1 aromatic heterocycles. The smallest absolute Gasteiger partial charge is 0.204 e. The van der Waals surface area contributed by atoms with Crippen LogP contribution in [0.5, 0.6) is 17.2 Å². The lowest BCUT2D eigenvalue weighted by Crippen LogP contribution is -2.03. The van der Waals surface area contributed by atoms with Crippen molar-refractivity contribution in [3.63, 3.8) is 0 Å². The Bertz CT molecular complexity index is 911. The highest BCUT2D eigenvalue weighted by atomic mass is 16.5. The molecule has 0 saturated heterocycles. The molecule has 0 amide bonds. The Morgan fingerprint density at radius 1 is 0.870 bits per heavy atom.